The van der Waals surface area contributed by atoms with E-state index in [0.717, 1.165) is 28.8 Å². The summed E-state index contributed by atoms with van der Waals surface area (Å²) in [5.41, 5.74) is 2.78. The minimum Gasteiger partial charge on any atom is -0.487 e. The van der Waals surface area contributed by atoms with Gasteiger partial charge < -0.3 is 20.1 Å². The molecule has 0 aliphatic carbocycles. The fourth-order valence-corrected chi connectivity index (χ4v) is 4.39. The van der Waals surface area contributed by atoms with E-state index >= 15 is 0 Å². The molecule has 0 aromatic heterocycles. The molecule has 1 saturated heterocycles. The number of rotatable bonds is 6. The van der Waals surface area contributed by atoms with Gasteiger partial charge in [-0.2, -0.15) is 0 Å². The van der Waals surface area contributed by atoms with Crippen LogP contribution in [-0.2, 0) is 16.0 Å². The highest BCUT2D eigenvalue weighted by Crippen LogP contribution is 2.33. The number of benzene rings is 2. The SMILES string of the molecule is CC(=O)N1CC2CC(c3ccc(CCOc4c(F)cccc4F)cc3)=C(C(=O)O)[C@@H](C1)N2. The van der Waals surface area contributed by atoms with Crippen molar-refractivity contribution in [2.24, 2.45) is 0 Å². The molecule has 0 saturated carbocycles. The molecular formula is C24H24F2N2O4. The lowest BCUT2D eigenvalue weighted by Gasteiger charge is -2.43. The lowest BCUT2D eigenvalue weighted by Crippen LogP contribution is -2.61. The number of para-hydroxylation sites is 1. The Balaban J connectivity index is 1.48. The number of nitrogens with one attached hydrogen (secondary N) is 1. The quantitative estimate of drug-likeness (QED) is 0.719. The van der Waals surface area contributed by atoms with Crippen molar-refractivity contribution in [2.45, 2.75) is 31.8 Å². The van der Waals surface area contributed by atoms with Gasteiger partial charge in [0.25, 0.3) is 0 Å². The molecule has 32 heavy (non-hydrogen) atoms. The van der Waals surface area contributed by atoms with E-state index in [9.17, 15) is 23.5 Å². The molecular weight excluding hydrogens is 418 g/mol. The van der Waals surface area contributed by atoms with Crippen LogP contribution in [0.1, 0.15) is 24.5 Å². The molecule has 0 radical (unpaired) electrons. The number of nitrogens with zero attached hydrogens (tertiary/aromatic N) is 1. The van der Waals surface area contributed by atoms with Gasteiger partial charge in [-0.15, -0.1) is 0 Å². The predicted molar refractivity (Wildman–Crippen MR) is 114 cm³/mol. The van der Waals surface area contributed by atoms with Gasteiger partial charge >= 0.3 is 5.97 Å². The van der Waals surface area contributed by atoms with Crippen LogP contribution in [0.3, 0.4) is 0 Å². The lowest BCUT2D eigenvalue weighted by atomic mass is 9.83. The van der Waals surface area contributed by atoms with E-state index in [1.807, 2.05) is 24.3 Å². The van der Waals surface area contributed by atoms with E-state index in [1.54, 1.807) is 4.90 Å². The van der Waals surface area contributed by atoms with Gasteiger partial charge in [0, 0.05) is 32.5 Å². The van der Waals surface area contributed by atoms with Crippen LogP contribution in [0.4, 0.5) is 8.78 Å². The minimum atomic E-state index is -0.995. The Morgan fingerprint density at radius 1 is 1.12 bits per heavy atom. The summed E-state index contributed by atoms with van der Waals surface area (Å²) in [5, 5.41) is 13.2. The second-order valence-corrected chi connectivity index (χ2v) is 8.09. The Morgan fingerprint density at radius 3 is 2.44 bits per heavy atom. The number of halogens is 2. The molecule has 168 valence electrons. The summed E-state index contributed by atoms with van der Waals surface area (Å²) in [4.78, 5) is 25.5. The third kappa shape index (κ3) is 4.50. The van der Waals surface area contributed by atoms with Crippen molar-refractivity contribution in [2.75, 3.05) is 19.7 Å². The summed E-state index contributed by atoms with van der Waals surface area (Å²) in [6.45, 7) is 2.48. The molecule has 2 aromatic rings. The number of piperazine rings is 1. The van der Waals surface area contributed by atoms with Gasteiger partial charge in [0.2, 0.25) is 5.91 Å². The highest BCUT2D eigenvalue weighted by Gasteiger charge is 2.38. The molecule has 0 spiro atoms. The third-order valence-electron chi connectivity index (χ3n) is 5.94. The van der Waals surface area contributed by atoms with E-state index in [0.29, 0.717) is 31.5 Å². The molecule has 2 aliphatic rings. The van der Waals surface area contributed by atoms with Gasteiger partial charge in [0.1, 0.15) is 0 Å². The molecule has 4 rings (SSSR count). The smallest absolute Gasteiger partial charge is 0.333 e. The summed E-state index contributed by atoms with van der Waals surface area (Å²) < 4.78 is 32.6. The van der Waals surface area contributed by atoms with Crippen molar-refractivity contribution < 1.29 is 28.2 Å². The predicted octanol–water partition coefficient (Wildman–Crippen LogP) is 3.02. The summed E-state index contributed by atoms with van der Waals surface area (Å²) >= 11 is 0. The average molecular weight is 442 g/mol. The van der Waals surface area contributed by atoms with Gasteiger partial charge in [0.15, 0.2) is 17.4 Å². The van der Waals surface area contributed by atoms with Crippen LogP contribution in [0.5, 0.6) is 5.75 Å². The van der Waals surface area contributed by atoms with E-state index < -0.39 is 23.6 Å². The van der Waals surface area contributed by atoms with E-state index in [2.05, 4.69) is 5.32 Å². The molecule has 2 aliphatic heterocycles. The first kappa shape index (κ1) is 22.0. The Hall–Kier alpha value is -3.26. The highest BCUT2D eigenvalue weighted by atomic mass is 19.1. The fourth-order valence-electron chi connectivity index (χ4n) is 4.39. The molecule has 1 unspecified atom stereocenters. The Kier molecular flexibility index (Phi) is 6.23. The number of hydrogen-bond acceptors (Lipinski definition) is 4. The van der Waals surface area contributed by atoms with E-state index in [1.165, 1.54) is 13.0 Å². The van der Waals surface area contributed by atoms with Crippen molar-refractivity contribution >= 4 is 17.4 Å². The number of hydrogen-bond donors (Lipinski definition) is 2. The molecule has 8 heteroatoms. The molecule has 1 amide bonds. The summed E-state index contributed by atoms with van der Waals surface area (Å²) in [7, 11) is 0. The Morgan fingerprint density at radius 2 is 1.81 bits per heavy atom. The zero-order valence-electron chi connectivity index (χ0n) is 17.6. The van der Waals surface area contributed by atoms with Crippen molar-refractivity contribution in [1.82, 2.24) is 10.2 Å². The molecule has 2 bridgehead atoms. The fraction of sp³-hybridized carbons (Fsp3) is 0.333. The first-order valence-electron chi connectivity index (χ1n) is 10.5. The maximum atomic E-state index is 13.7. The summed E-state index contributed by atoms with van der Waals surface area (Å²) in [6.07, 6.45) is 0.955. The molecule has 6 nitrogen and oxygen atoms in total. The lowest BCUT2D eigenvalue weighted by molar-refractivity contribution is -0.135. The van der Waals surface area contributed by atoms with Gasteiger partial charge in [-0.05, 0) is 35.3 Å². The van der Waals surface area contributed by atoms with Crippen molar-refractivity contribution in [1.29, 1.82) is 0 Å². The second-order valence-electron chi connectivity index (χ2n) is 8.09. The van der Waals surface area contributed by atoms with Crippen LogP contribution in [0, 0.1) is 11.6 Å². The number of carboxylic acid groups (broad SMARTS) is 1. The number of carbonyl (C=O) groups excluding carboxylic acids is 1. The number of ether oxygens (including phenoxy) is 1. The highest BCUT2D eigenvalue weighted by molar-refractivity contribution is 5.98. The first-order valence-corrected chi connectivity index (χ1v) is 10.5. The zero-order valence-corrected chi connectivity index (χ0v) is 17.6. The largest absolute Gasteiger partial charge is 0.487 e. The van der Waals surface area contributed by atoms with Crippen LogP contribution >= 0.6 is 0 Å². The topological polar surface area (TPSA) is 78.9 Å². The van der Waals surface area contributed by atoms with Crippen molar-refractivity contribution in [3.63, 3.8) is 0 Å². The van der Waals surface area contributed by atoms with Gasteiger partial charge in [-0.25, -0.2) is 13.6 Å². The van der Waals surface area contributed by atoms with Crippen LogP contribution in [-0.4, -0.2) is 53.7 Å². The van der Waals surface area contributed by atoms with Crippen LogP contribution in [0.2, 0.25) is 0 Å². The van der Waals surface area contributed by atoms with Crippen molar-refractivity contribution in [3.8, 4) is 5.75 Å². The van der Waals surface area contributed by atoms with E-state index in [4.69, 9.17) is 4.74 Å². The maximum Gasteiger partial charge on any atom is 0.333 e. The van der Waals surface area contributed by atoms with Gasteiger partial charge in [-0.1, -0.05) is 30.3 Å². The maximum absolute atomic E-state index is 13.7. The zero-order chi connectivity index (χ0) is 22.8. The number of aliphatic carboxylic acids is 1. The average Bonchev–Trinajstić information content (AvgIpc) is 2.75. The number of carboxylic acids is 1. The van der Waals surface area contributed by atoms with Gasteiger partial charge in [-0.3, -0.25) is 4.79 Å². The minimum absolute atomic E-state index is 0.000471. The monoisotopic (exact) mass is 442 g/mol. The van der Waals surface area contributed by atoms with E-state index in [-0.39, 0.29) is 24.3 Å². The third-order valence-corrected chi connectivity index (χ3v) is 5.94. The Labute approximate surface area is 184 Å². The number of fused-ring (bicyclic) bond motifs is 2. The summed E-state index contributed by atoms with van der Waals surface area (Å²) in [5.74, 6) is -2.93. The Bertz CT molecular complexity index is 1050. The second kappa shape index (κ2) is 9.08. The first-order chi connectivity index (χ1) is 15.3. The molecule has 1 fully saturated rings. The van der Waals surface area contributed by atoms with Crippen molar-refractivity contribution in [3.05, 3.63) is 70.8 Å². The molecule has 2 heterocycles. The molecule has 2 N–H and O–H groups in total. The number of carbonyl (C=O) groups is 2. The van der Waals surface area contributed by atoms with Crippen LogP contribution in [0.25, 0.3) is 5.57 Å². The van der Waals surface area contributed by atoms with Crippen LogP contribution < -0.4 is 10.1 Å². The van der Waals surface area contributed by atoms with Gasteiger partial charge in [0.05, 0.1) is 18.2 Å². The molecule has 2 aromatic carbocycles. The van der Waals surface area contributed by atoms with Crippen LogP contribution in [0.15, 0.2) is 48.0 Å². The molecule has 2 atom stereocenters. The number of amides is 1. The standard InChI is InChI=1S/C24H24F2N2O4/c1-14(29)28-12-17-11-18(22(24(30)31)21(13-28)27-17)16-7-5-15(6-8-16)9-10-32-23-19(25)3-2-4-20(23)26/h2-8,17,21,27H,9-13H2,1H3,(H,30,31)/t17?,21-/m1/s1. The normalized spacial score (nSPS) is 20.3. The summed E-state index contributed by atoms with van der Waals surface area (Å²) in [6, 6.07) is 10.6.